The molecular weight excluding hydrogens is 543 g/mol. The fraction of sp³-hybridized carbons (Fsp3) is 0.394. The Labute approximate surface area is 245 Å². The number of likely N-dealkylation sites (tertiary alicyclic amines) is 1. The van der Waals surface area contributed by atoms with E-state index in [2.05, 4.69) is 16.3 Å². The van der Waals surface area contributed by atoms with Gasteiger partial charge in [-0.15, -0.1) is 0 Å². The molecule has 1 aliphatic rings. The Bertz CT molecular complexity index is 1390. The zero-order valence-corrected chi connectivity index (χ0v) is 24.1. The van der Waals surface area contributed by atoms with Crippen molar-refractivity contribution in [2.24, 2.45) is 5.92 Å². The lowest BCUT2D eigenvalue weighted by Crippen LogP contribution is -2.34. The van der Waals surface area contributed by atoms with Crippen molar-refractivity contribution in [1.29, 1.82) is 5.26 Å². The van der Waals surface area contributed by atoms with Gasteiger partial charge < -0.3 is 19.7 Å². The van der Waals surface area contributed by atoms with Gasteiger partial charge in [0.1, 0.15) is 23.5 Å². The zero-order valence-electron chi connectivity index (χ0n) is 24.1. The van der Waals surface area contributed by atoms with Crippen molar-refractivity contribution in [2.45, 2.75) is 51.3 Å². The lowest BCUT2D eigenvalue weighted by atomic mass is 9.89. The summed E-state index contributed by atoms with van der Waals surface area (Å²) in [6, 6.07) is 21.2. The smallest absolute Gasteiger partial charge is 0.416 e. The number of aryl methyl sites for hydroxylation is 1. The number of hydrogen-bond donors (Lipinski definition) is 1. The number of carbonyl (C=O) groups excluding carboxylic acids is 1. The summed E-state index contributed by atoms with van der Waals surface area (Å²) in [4.78, 5) is 14.5. The van der Waals surface area contributed by atoms with E-state index in [1.807, 2.05) is 48.5 Å². The molecule has 0 aromatic heterocycles. The summed E-state index contributed by atoms with van der Waals surface area (Å²) >= 11 is 0. The molecule has 2 unspecified atom stereocenters. The highest BCUT2D eigenvalue weighted by Gasteiger charge is 2.32. The van der Waals surface area contributed by atoms with E-state index in [0.717, 1.165) is 49.7 Å². The van der Waals surface area contributed by atoms with E-state index in [9.17, 15) is 18.0 Å². The number of hydrogen-bond acceptors (Lipinski definition) is 5. The molecular formula is C33H36F3N3O3. The van der Waals surface area contributed by atoms with Gasteiger partial charge in [-0.25, -0.2) is 0 Å². The van der Waals surface area contributed by atoms with Gasteiger partial charge in [-0.3, -0.25) is 4.79 Å². The number of methoxy groups -OCH3 is 1. The molecule has 0 aliphatic carbocycles. The number of anilines is 1. The monoisotopic (exact) mass is 579 g/mol. The predicted molar refractivity (Wildman–Crippen MR) is 155 cm³/mol. The molecule has 1 saturated heterocycles. The normalized spacial score (nSPS) is 15.8. The number of halogens is 3. The molecule has 1 fully saturated rings. The Kier molecular flexibility index (Phi) is 10.1. The number of piperidine rings is 1. The van der Waals surface area contributed by atoms with E-state index in [-0.39, 0.29) is 17.6 Å². The van der Waals surface area contributed by atoms with E-state index in [1.54, 1.807) is 14.0 Å². The first-order valence-electron chi connectivity index (χ1n) is 14.1. The molecule has 6 nitrogen and oxygen atoms in total. The number of nitriles is 1. The summed E-state index contributed by atoms with van der Waals surface area (Å²) in [7, 11) is 1.60. The number of alkyl halides is 3. The van der Waals surface area contributed by atoms with Gasteiger partial charge in [0.05, 0.1) is 18.7 Å². The SMILES string of the molecule is COc1ccc(C(CCN2CCC(c3cccc(NC(=O)C(C)C#N)c3)CC2)Oc2ccc(C(F)(F)F)c(C)c2)cc1. The second-order valence-corrected chi connectivity index (χ2v) is 10.7. The van der Waals surface area contributed by atoms with E-state index < -0.39 is 17.7 Å². The molecule has 2 atom stereocenters. The van der Waals surface area contributed by atoms with Gasteiger partial charge >= 0.3 is 6.18 Å². The van der Waals surface area contributed by atoms with Crippen molar-refractivity contribution in [3.8, 4) is 17.6 Å². The Hall–Kier alpha value is -4.03. The van der Waals surface area contributed by atoms with E-state index in [4.69, 9.17) is 14.7 Å². The molecule has 0 bridgehead atoms. The van der Waals surface area contributed by atoms with Gasteiger partial charge in [0, 0.05) is 18.7 Å². The number of ether oxygens (including phenoxy) is 2. The predicted octanol–water partition coefficient (Wildman–Crippen LogP) is 7.51. The van der Waals surface area contributed by atoms with Gasteiger partial charge in [-0.1, -0.05) is 24.3 Å². The minimum Gasteiger partial charge on any atom is -0.497 e. The second kappa shape index (κ2) is 13.8. The van der Waals surface area contributed by atoms with Crippen LogP contribution in [0.1, 0.15) is 60.5 Å². The molecule has 0 radical (unpaired) electrons. The maximum absolute atomic E-state index is 13.3. The summed E-state index contributed by atoms with van der Waals surface area (Å²) in [5.41, 5.74) is 2.24. The first-order chi connectivity index (χ1) is 20.1. The maximum atomic E-state index is 13.3. The van der Waals surface area contributed by atoms with Crippen LogP contribution in [0.4, 0.5) is 18.9 Å². The molecule has 9 heteroatoms. The van der Waals surface area contributed by atoms with Crippen LogP contribution in [-0.4, -0.2) is 37.6 Å². The van der Waals surface area contributed by atoms with Gasteiger partial charge in [-0.2, -0.15) is 18.4 Å². The molecule has 4 rings (SSSR count). The average Bonchev–Trinajstić information content (AvgIpc) is 2.98. The largest absolute Gasteiger partial charge is 0.497 e. The molecule has 1 N–H and O–H groups in total. The standard InChI is InChI=1S/C33H36F3N3O3/c1-22-19-29(11-12-30(22)33(34,35)36)42-31(25-7-9-28(41-3)10-8-25)15-18-39-16-13-24(14-17-39)26-5-4-6-27(20-26)38-32(40)23(2)21-37/h4-12,19-20,23-24,31H,13-18H2,1-3H3,(H,38,40). The summed E-state index contributed by atoms with van der Waals surface area (Å²) in [5.74, 6) is 0.440. The van der Waals surface area contributed by atoms with Crippen LogP contribution in [0.5, 0.6) is 11.5 Å². The third-order valence-corrected chi connectivity index (χ3v) is 7.78. The number of nitrogens with one attached hydrogen (secondary N) is 1. The fourth-order valence-electron chi connectivity index (χ4n) is 5.27. The van der Waals surface area contributed by atoms with Crippen molar-refractivity contribution < 1.29 is 27.4 Å². The quantitative estimate of drug-likeness (QED) is 0.269. The lowest BCUT2D eigenvalue weighted by Gasteiger charge is -2.33. The number of benzene rings is 3. The number of carbonyl (C=O) groups is 1. The summed E-state index contributed by atoms with van der Waals surface area (Å²) in [5, 5.41) is 11.8. The highest BCUT2D eigenvalue weighted by Crippen LogP contribution is 2.35. The van der Waals surface area contributed by atoms with Gasteiger partial charge in [-0.05, 0) is 105 Å². The van der Waals surface area contributed by atoms with Gasteiger partial charge in [0.15, 0.2) is 0 Å². The highest BCUT2D eigenvalue weighted by molar-refractivity contribution is 5.93. The Morgan fingerprint density at radius 2 is 1.76 bits per heavy atom. The summed E-state index contributed by atoms with van der Waals surface area (Å²) in [6.45, 7) is 5.57. The Balaban J connectivity index is 1.39. The van der Waals surface area contributed by atoms with Gasteiger partial charge in [0.2, 0.25) is 5.91 Å². The van der Waals surface area contributed by atoms with Crippen molar-refractivity contribution in [1.82, 2.24) is 4.90 Å². The zero-order chi connectivity index (χ0) is 30.3. The maximum Gasteiger partial charge on any atom is 0.416 e. The van der Waals surface area contributed by atoms with Crippen molar-refractivity contribution in [3.63, 3.8) is 0 Å². The van der Waals surface area contributed by atoms with Crippen molar-refractivity contribution in [3.05, 3.63) is 89.0 Å². The van der Waals surface area contributed by atoms with Crippen LogP contribution >= 0.6 is 0 Å². The summed E-state index contributed by atoms with van der Waals surface area (Å²) < 4.78 is 51.4. The van der Waals surface area contributed by atoms with Crippen LogP contribution in [0.15, 0.2) is 66.7 Å². The van der Waals surface area contributed by atoms with Crippen LogP contribution in [0.3, 0.4) is 0 Å². The number of amides is 1. The highest BCUT2D eigenvalue weighted by atomic mass is 19.4. The Morgan fingerprint density at radius 1 is 1.07 bits per heavy atom. The minimum absolute atomic E-state index is 0.124. The molecule has 3 aromatic carbocycles. The van der Waals surface area contributed by atoms with E-state index >= 15 is 0 Å². The Morgan fingerprint density at radius 3 is 2.38 bits per heavy atom. The second-order valence-electron chi connectivity index (χ2n) is 10.7. The van der Waals surface area contributed by atoms with Crippen molar-refractivity contribution >= 4 is 11.6 Å². The molecule has 1 amide bonds. The van der Waals surface area contributed by atoms with Crippen LogP contribution in [0, 0.1) is 24.2 Å². The van der Waals surface area contributed by atoms with Crippen LogP contribution in [0.2, 0.25) is 0 Å². The van der Waals surface area contributed by atoms with Crippen LogP contribution in [0.25, 0.3) is 0 Å². The number of nitrogens with zero attached hydrogens (tertiary/aromatic N) is 2. The minimum atomic E-state index is -4.41. The topological polar surface area (TPSA) is 74.6 Å². The molecule has 0 saturated carbocycles. The van der Waals surface area contributed by atoms with Crippen LogP contribution < -0.4 is 14.8 Å². The lowest BCUT2D eigenvalue weighted by molar-refractivity contribution is -0.138. The van der Waals surface area contributed by atoms with E-state index in [0.29, 0.717) is 29.5 Å². The van der Waals surface area contributed by atoms with Crippen molar-refractivity contribution in [2.75, 3.05) is 32.1 Å². The third-order valence-electron chi connectivity index (χ3n) is 7.78. The van der Waals surface area contributed by atoms with Crippen LogP contribution in [-0.2, 0) is 11.0 Å². The molecule has 42 heavy (non-hydrogen) atoms. The molecule has 0 spiro atoms. The fourth-order valence-corrected chi connectivity index (χ4v) is 5.27. The van der Waals surface area contributed by atoms with E-state index in [1.165, 1.54) is 19.1 Å². The molecule has 1 heterocycles. The summed E-state index contributed by atoms with van der Waals surface area (Å²) in [6.07, 6.45) is -2.18. The first kappa shape index (κ1) is 30.9. The first-order valence-corrected chi connectivity index (χ1v) is 14.1. The number of rotatable bonds is 10. The molecule has 222 valence electrons. The van der Waals surface area contributed by atoms with Gasteiger partial charge in [0.25, 0.3) is 0 Å². The molecule has 1 aliphatic heterocycles. The third kappa shape index (κ3) is 8.04. The molecule has 3 aromatic rings. The average molecular weight is 580 g/mol.